The summed E-state index contributed by atoms with van der Waals surface area (Å²) in [6.07, 6.45) is -0.180. The summed E-state index contributed by atoms with van der Waals surface area (Å²) in [7, 11) is 1.64. The lowest BCUT2D eigenvalue weighted by Crippen LogP contribution is -2.14. The van der Waals surface area contributed by atoms with Gasteiger partial charge in [0.25, 0.3) is 0 Å². The maximum Gasteiger partial charge on any atom is 0.248 e. The zero-order valence-corrected chi connectivity index (χ0v) is 11.4. The van der Waals surface area contributed by atoms with E-state index in [4.69, 9.17) is 15.0 Å². The van der Waals surface area contributed by atoms with Crippen LogP contribution in [0.2, 0.25) is 0 Å². The van der Waals surface area contributed by atoms with Gasteiger partial charge >= 0.3 is 0 Å². The molecule has 0 fully saturated rings. The molecule has 2 atom stereocenters. The molecule has 0 aliphatic carbocycles. The van der Waals surface area contributed by atoms with Crippen molar-refractivity contribution in [2.45, 2.75) is 26.0 Å². The zero-order chi connectivity index (χ0) is 13.8. The third kappa shape index (κ3) is 3.00. The fourth-order valence-electron chi connectivity index (χ4n) is 1.97. The minimum absolute atomic E-state index is 0.180. The van der Waals surface area contributed by atoms with Crippen LogP contribution in [-0.2, 0) is 4.74 Å². The summed E-state index contributed by atoms with van der Waals surface area (Å²) in [5.41, 5.74) is 7.05. The first-order valence-corrected chi connectivity index (χ1v) is 6.30. The maximum absolute atomic E-state index is 6.11. The SMILES string of the molecule is COC(c1noc([C@@H](N)c2ccccc2)n1)C(C)C. The standard InChI is InChI=1S/C14H19N3O2/c1-9(2)12(18-3)13-16-14(19-17-13)11(15)10-7-5-4-6-8-10/h4-9,11-12H,15H2,1-3H3/t11-,12?/m0/s1. The molecule has 0 bridgehead atoms. The van der Waals surface area contributed by atoms with E-state index in [0.29, 0.717) is 11.7 Å². The van der Waals surface area contributed by atoms with Gasteiger partial charge < -0.3 is 15.0 Å². The summed E-state index contributed by atoms with van der Waals surface area (Å²) in [5, 5.41) is 3.96. The molecule has 0 aliphatic rings. The second-order valence-electron chi connectivity index (χ2n) is 4.78. The second kappa shape index (κ2) is 5.95. The van der Waals surface area contributed by atoms with Crippen molar-refractivity contribution in [3.8, 4) is 0 Å². The van der Waals surface area contributed by atoms with Crippen LogP contribution in [0.4, 0.5) is 0 Å². The molecule has 0 radical (unpaired) electrons. The van der Waals surface area contributed by atoms with Crippen LogP contribution in [0.15, 0.2) is 34.9 Å². The second-order valence-corrected chi connectivity index (χ2v) is 4.78. The van der Waals surface area contributed by atoms with Gasteiger partial charge in [-0.15, -0.1) is 0 Å². The highest BCUT2D eigenvalue weighted by molar-refractivity contribution is 5.23. The van der Waals surface area contributed by atoms with E-state index in [0.717, 1.165) is 5.56 Å². The van der Waals surface area contributed by atoms with Crippen molar-refractivity contribution in [3.05, 3.63) is 47.6 Å². The lowest BCUT2D eigenvalue weighted by Gasteiger charge is -2.14. The first kappa shape index (κ1) is 13.7. The smallest absolute Gasteiger partial charge is 0.248 e. The largest absolute Gasteiger partial charge is 0.373 e. The van der Waals surface area contributed by atoms with E-state index in [9.17, 15) is 0 Å². The normalized spacial score (nSPS) is 14.6. The van der Waals surface area contributed by atoms with Crippen LogP contribution in [0.25, 0.3) is 0 Å². The van der Waals surface area contributed by atoms with Gasteiger partial charge in [-0.2, -0.15) is 4.98 Å². The van der Waals surface area contributed by atoms with Gasteiger partial charge in [0.2, 0.25) is 11.7 Å². The van der Waals surface area contributed by atoms with Crippen LogP contribution in [0, 0.1) is 5.92 Å². The Morgan fingerprint density at radius 2 is 1.89 bits per heavy atom. The number of rotatable bonds is 5. The molecule has 0 spiro atoms. The summed E-state index contributed by atoms with van der Waals surface area (Å²) in [4.78, 5) is 4.35. The fraction of sp³-hybridized carbons (Fsp3) is 0.429. The Morgan fingerprint density at radius 1 is 1.21 bits per heavy atom. The molecule has 1 heterocycles. The van der Waals surface area contributed by atoms with Gasteiger partial charge in [0, 0.05) is 7.11 Å². The molecule has 1 aromatic carbocycles. The van der Waals surface area contributed by atoms with Crippen LogP contribution in [0.5, 0.6) is 0 Å². The molecule has 19 heavy (non-hydrogen) atoms. The van der Waals surface area contributed by atoms with E-state index in [1.165, 1.54) is 0 Å². The molecule has 2 rings (SSSR count). The van der Waals surface area contributed by atoms with Crippen molar-refractivity contribution in [2.75, 3.05) is 7.11 Å². The monoisotopic (exact) mass is 261 g/mol. The first-order chi connectivity index (χ1) is 9.13. The van der Waals surface area contributed by atoms with E-state index in [2.05, 4.69) is 10.1 Å². The average Bonchev–Trinajstić information content (AvgIpc) is 2.89. The molecule has 1 aromatic heterocycles. The molecule has 0 saturated carbocycles. The number of aromatic nitrogens is 2. The van der Waals surface area contributed by atoms with E-state index in [1.807, 2.05) is 44.2 Å². The predicted molar refractivity (Wildman–Crippen MR) is 71.4 cm³/mol. The van der Waals surface area contributed by atoms with Gasteiger partial charge in [0.05, 0.1) is 0 Å². The molecule has 5 heteroatoms. The van der Waals surface area contributed by atoms with Crippen LogP contribution in [-0.4, -0.2) is 17.3 Å². The summed E-state index contributed by atoms with van der Waals surface area (Å²) in [5.74, 6) is 1.21. The summed E-state index contributed by atoms with van der Waals surface area (Å²) < 4.78 is 10.6. The first-order valence-electron chi connectivity index (χ1n) is 6.30. The van der Waals surface area contributed by atoms with Crippen LogP contribution in [0.1, 0.15) is 43.3 Å². The lowest BCUT2D eigenvalue weighted by molar-refractivity contribution is 0.0555. The maximum atomic E-state index is 6.11. The van der Waals surface area contributed by atoms with Gasteiger partial charge in [-0.25, -0.2) is 0 Å². The lowest BCUT2D eigenvalue weighted by atomic mass is 10.1. The summed E-state index contributed by atoms with van der Waals surface area (Å²) in [6.45, 7) is 4.09. The van der Waals surface area contributed by atoms with Crippen molar-refractivity contribution < 1.29 is 9.26 Å². The molecule has 102 valence electrons. The minimum Gasteiger partial charge on any atom is -0.373 e. The minimum atomic E-state index is -0.410. The van der Waals surface area contributed by atoms with Gasteiger partial charge in [0.1, 0.15) is 12.1 Å². The number of ether oxygens (including phenoxy) is 1. The molecule has 0 saturated heterocycles. The number of nitrogens with zero attached hydrogens (tertiary/aromatic N) is 2. The highest BCUT2D eigenvalue weighted by atomic mass is 16.5. The highest BCUT2D eigenvalue weighted by Gasteiger charge is 2.23. The zero-order valence-electron chi connectivity index (χ0n) is 11.4. The van der Waals surface area contributed by atoms with Crippen molar-refractivity contribution in [1.29, 1.82) is 0 Å². The third-order valence-electron chi connectivity index (χ3n) is 3.00. The van der Waals surface area contributed by atoms with Crippen molar-refractivity contribution in [3.63, 3.8) is 0 Å². The molecule has 5 nitrogen and oxygen atoms in total. The van der Waals surface area contributed by atoms with Crippen molar-refractivity contribution >= 4 is 0 Å². The number of hydrogen-bond donors (Lipinski definition) is 1. The molecule has 2 N–H and O–H groups in total. The number of methoxy groups -OCH3 is 1. The Hall–Kier alpha value is -1.72. The highest BCUT2D eigenvalue weighted by Crippen LogP contribution is 2.24. The molecule has 0 aliphatic heterocycles. The van der Waals surface area contributed by atoms with Crippen LogP contribution < -0.4 is 5.73 Å². The third-order valence-corrected chi connectivity index (χ3v) is 3.00. The molecular formula is C14H19N3O2. The van der Waals surface area contributed by atoms with Crippen LogP contribution >= 0.6 is 0 Å². The van der Waals surface area contributed by atoms with Gasteiger partial charge in [0.15, 0.2) is 0 Å². The Labute approximate surface area is 112 Å². The molecule has 1 unspecified atom stereocenters. The van der Waals surface area contributed by atoms with Gasteiger partial charge in [-0.3, -0.25) is 0 Å². The molecule has 0 amide bonds. The van der Waals surface area contributed by atoms with Crippen molar-refractivity contribution in [2.24, 2.45) is 11.7 Å². The number of nitrogens with two attached hydrogens (primary N) is 1. The Bertz CT molecular complexity index is 510. The van der Waals surface area contributed by atoms with E-state index >= 15 is 0 Å². The Balaban J connectivity index is 2.21. The quantitative estimate of drug-likeness (QED) is 0.894. The predicted octanol–water partition coefficient (Wildman–Crippen LogP) is 2.46. The van der Waals surface area contributed by atoms with E-state index < -0.39 is 6.04 Å². The molecular weight excluding hydrogens is 242 g/mol. The Kier molecular flexibility index (Phi) is 4.29. The van der Waals surface area contributed by atoms with Gasteiger partial charge in [-0.1, -0.05) is 49.3 Å². The number of hydrogen-bond acceptors (Lipinski definition) is 5. The molecule has 2 aromatic rings. The summed E-state index contributed by atoms with van der Waals surface area (Å²) in [6, 6.07) is 9.26. The van der Waals surface area contributed by atoms with Gasteiger partial charge in [-0.05, 0) is 11.5 Å². The van der Waals surface area contributed by atoms with E-state index in [-0.39, 0.29) is 12.0 Å². The van der Waals surface area contributed by atoms with Crippen molar-refractivity contribution in [1.82, 2.24) is 10.1 Å². The number of benzene rings is 1. The van der Waals surface area contributed by atoms with Crippen LogP contribution in [0.3, 0.4) is 0 Å². The average molecular weight is 261 g/mol. The summed E-state index contributed by atoms with van der Waals surface area (Å²) >= 11 is 0. The fourth-order valence-corrected chi connectivity index (χ4v) is 1.97. The Morgan fingerprint density at radius 3 is 2.47 bits per heavy atom. The topological polar surface area (TPSA) is 74.2 Å². The van der Waals surface area contributed by atoms with E-state index in [1.54, 1.807) is 7.11 Å².